The van der Waals surface area contributed by atoms with Crippen LogP contribution in [0.2, 0.25) is 0 Å². The van der Waals surface area contributed by atoms with Gasteiger partial charge in [0.1, 0.15) is 5.76 Å². The molecular formula is C69H86BN3O. The summed E-state index contributed by atoms with van der Waals surface area (Å²) < 4.78 is 7.89. The Morgan fingerprint density at radius 1 is 0.446 bits per heavy atom. The van der Waals surface area contributed by atoms with Gasteiger partial charge in [0.05, 0.1) is 5.54 Å². The minimum absolute atomic E-state index is 0.0248. The van der Waals surface area contributed by atoms with Crippen molar-refractivity contribution in [3.8, 4) is 0 Å². The van der Waals surface area contributed by atoms with Gasteiger partial charge in [-0.05, 0) is 171 Å². The Hall–Kier alpha value is -5.16. The van der Waals surface area contributed by atoms with Gasteiger partial charge in [-0.2, -0.15) is 0 Å². The topological polar surface area (TPSA) is 22.9 Å². The fourth-order valence-corrected chi connectivity index (χ4v) is 15.4. The lowest BCUT2D eigenvalue weighted by Gasteiger charge is -2.49. The second kappa shape index (κ2) is 16.2. The molecule has 6 aliphatic rings. The van der Waals surface area contributed by atoms with Gasteiger partial charge in [-0.1, -0.05) is 184 Å². The maximum atomic E-state index is 7.89. The van der Waals surface area contributed by atoms with E-state index in [9.17, 15) is 0 Å². The lowest BCUT2D eigenvalue weighted by atomic mass is 9.32. The molecular weight excluding hydrogens is 898 g/mol. The fourth-order valence-electron chi connectivity index (χ4n) is 15.4. The molecule has 12 rings (SSSR count). The van der Waals surface area contributed by atoms with Gasteiger partial charge in [0.15, 0.2) is 5.88 Å². The van der Waals surface area contributed by atoms with Crippen molar-refractivity contribution in [3.63, 3.8) is 0 Å². The monoisotopic (exact) mass is 984 g/mol. The van der Waals surface area contributed by atoms with E-state index in [2.05, 4.69) is 223 Å². The van der Waals surface area contributed by atoms with E-state index in [4.69, 9.17) is 4.42 Å². The Balaban J connectivity index is 1.24. The van der Waals surface area contributed by atoms with E-state index in [0.717, 1.165) is 31.6 Å². The summed E-state index contributed by atoms with van der Waals surface area (Å²) >= 11 is 0. The Morgan fingerprint density at radius 3 is 1.72 bits per heavy atom. The number of nitrogens with zero attached hydrogens (tertiary/aromatic N) is 3. The molecule has 1 aromatic heterocycles. The van der Waals surface area contributed by atoms with Crippen molar-refractivity contribution in [3.05, 3.63) is 136 Å². The molecule has 3 aliphatic heterocycles. The zero-order valence-corrected chi connectivity index (χ0v) is 48.3. The highest BCUT2D eigenvalue weighted by molar-refractivity contribution is 7.00. The first-order chi connectivity index (χ1) is 34.7. The van der Waals surface area contributed by atoms with Crippen LogP contribution in [0.25, 0.3) is 0 Å². The molecule has 0 bridgehead atoms. The third-order valence-corrected chi connectivity index (χ3v) is 20.5. The summed E-state index contributed by atoms with van der Waals surface area (Å²) in [6, 6.07) is 39.5. The molecule has 386 valence electrons. The Morgan fingerprint density at radius 2 is 1.03 bits per heavy atom. The average Bonchev–Trinajstić information content (AvgIpc) is 3.86. The molecule has 0 amide bonds. The number of furan rings is 1. The van der Waals surface area contributed by atoms with E-state index in [1.165, 1.54) is 140 Å². The number of para-hydroxylation sites is 1. The molecule has 2 unspecified atom stereocenters. The quantitative estimate of drug-likeness (QED) is 0.165. The van der Waals surface area contributed by atoms with Crippen molar-refractivity contribution < 1.29 is 4.42 Å². The summed E-state index contributed by atoms with van der Waals surface area (Å²) in [6.45, 7) is 39.1. The predicted octanol–water partition coefficient (Wildman–Crippen LogP) is 17.6. The molecule has 1 saturated carbocycles. The zero-order chi connectivity index (χ0) is 52.5. The molecule has 6 aromatic rings. The van der Waals surface area contributed by atoms with Gasteiger partial charge in [0.25, 0.3) is 6.71 Å². The first-order valence-electron chi connectivity index (χ1n) is 28.9. The van der Waals surface area contributed by atoms with Gasteiger partial charge < -0.3 is 14.2 Å². The smallest absolute Gasteiger partial charge is 0.256 e. The van der Waals surface area contributed by atoms with E-state index in [-0.39, 0.29) is 50.2 Å². The fraction of sp³-hybridized carbons (Fsp3) is 0.507. The lowest BCUT2D eigenvalue weighted by Crippen LogP contribution is -2.63. The molecule has 5 aromatic carbocycles. The van der Waals surface area contributed by atoms with E-state index < -0.39 is 0 Å². The third kappa shape index (κ3) is 7.18. The van der Waals surface area contributed by atoms with Crippen molar-refractivity contribution in [1.82, 2.24) is 0 Å². The van der Waals surface area contributed by atoms with E-state index in [0.29, 0.717) is 0 Å². The number of anilines is 8. The number of hydrogen-bond donors (Lipinski definition) is 0. The van der Waals surface area contributed by atoms with Crippen LogP contribution < -0.4 is 31.1 Å². The Bertz CT molecular complexity index is 3240. The molecule has 0 saturated heterocycles. The van der Waals surface area contributed by atoms with Gasteiger partial charge in [0, 0.05) is 50.6 Å². The van der Waals surface area contributed by atoms with Crippen LogP contribution in [-0.4, -0.2) is 12.3 Å². The number of hydrogen-bond acceptors (Lipinski definition) is 4. The highest BCUT2D eigenvalue weighted by Gasteiger charge is 2.58. The maximum absolute atomic E-state index is 7.89. The van der Waals surface area contributed by atoms with Gasteiger partial charge in [0.2, 0.25) is 0 Å². The van der Waals surface area contributed by atoms with E-state index in [1.807, 2.05) is 0 Å². The van der Waals surface area contributed by atoms with Crippen molar-refractivity contribution in [2.24, 2.45) is 0 Å². The van der Waals surface area contributed by atoms with Crippen molar-refractivity contribution in [1.29, 1.82) is 0 Å². The Kier molecular flexibility index (Phi) is 10.9. The van der Waals surface area contributed by atoms with Crippen LogP contribution in [0.1, 0.15) is 221 Å². The Labute approximate surface area is 446 Å². The average molecular weight is 984 g/mol. The maximum Gasteiger partial charge on any atom is 0.256 e. The van der Waals surface area contributed by atoms with Crippen LogP contribution in [0.15, 0.2) is 101 Å². The molecule has 2 atom stereocenters. The summed E-state index contributed by atoms with van der Waals surface area (Å²) in [4.78, 5) is 8.16. The van der Waals surface area contributed by atoms with E-state index >= 15 is 0 Å². The molecule has 4 heterocycles. The van der Waals surface area contributed by atoms with Crippen LogP contribution in [0.5, 0.6) is 0 Å². The first-order valence-corrected chi connectivity index (χ1v) is 28.9. The zero-order valence-electron chi connectivity index (χ0n) is 48.3. The van der Waals surface area contributed by atoms with Crippen molar-refractivity contribution in [2.75, 3.05) is 14.7 Å². The van der Waals surface area contributed by atoms with Gasteiger partial charge >= 0.3 is 0 Å². The van der Waals surface area contributed by atoms with Gasteiger partial charge in [-0.3, -0.25) is 4.90 Å². The summed E-state index contributed by atoms with van der Waals surface area (Å²) in [5.74, 6) is 2.19. The normalized spacial score (nSPS) is 24.1. The third-order valence-electron chi connectivity index (χ3n) is 20.5. The molecule has 74 heavy (non-hydrogen) atoms. The SMILES string of the molecule is CC(C)(C)c1ccc(N2c3ccc(C(C)(C)C)cc3B3c4c2cc(N2c5ccccc5C5(C)CCCCCCCC25C)cc4N(c2ccc4c(c2)C(C)(C)CCC4(C)C)c2oc4c(c23)C(C)(C)CCC4(C)C)cc1. The van der Waals surface area contributed by atoms with Crippen LogP contribution in [-0.2, 0) is 37.9 Å². The first kappa shape index (κ1) is 49.7. The summed E-state index contributed by atoms with van der Waals surface area (Å²) in [5, 5.41) is 0. The molecule has 5 heteroatoms. The molecule has 3 aliphatic carbocycles. The minimum atomic E-state index is -0.154. The van der Waals surface area contributed by atoms with Crippen LogP contribution >= 0.6 is 0 Å². The van der Waals surface area contributed by atoms with Crippen LogP contribution in [0.4, 0.5) is 45.7 Å². The largest absolute Gasteiger partial charge is 0.444 e. The molecule has 1 fully saturated rings. The minimum Gasteiger partial charge on any atom is -0.444 e. The molecule has 0 N–H and O–H groups in total. The predicted molar refractivity (Wildman–Crippen MR) is 317 cm³/mol. The summed E-state index contributed by atoms with van der Waals surface area (Å²) in [5.41, 5.74) is 21.3. The standard InChI is InChI=1S/C69H86BN3O/c1-62(2,3)44-26-29-46(30-27-44)71-54-33-28-45(63(4,5)6)40-52(54)70-58-55(71)42-48(73-53-25-21-20-24-50(53)68(15)34-22-18-17-19-23-35-69(68,73)16)43-56(58)72(47-31-32-49-51(41-47)65(9,10)37-36-64(49,7)8)61-59(70)57-60(74-61)67(13,14)39-38-66(57,11)12/h20-21,24-33,40-43H,17-19,22-23,34-39H2,1-16H3. The highest BCUT2D eigenvalue weighted by Crippen LogP contribution is 2.61. The van der Waals surface area contributed by atoms with Gasteiger partial charge in [-0.25, -0.2) is 0 Å². The highest BCUT2D eigenvalue weighted by atomic mass is 16.4. The molecule has 0 spiro atoms. The molecule has 0 radical (unpaired) electrons. The number of fused-ring (bicyclic) bond motifs is 10. The van der Waals surface area contributed by atoms with Crippen LogP contribution in [0.3, 0.4) is 0 Å². The second-order valence-corrected chi connectivity index (χ2v) is 29.3. The second-order valence-electron chi connectivity index (χ2n) is 29.3. The molecule has 4 nitrogen and oxygen atoms in total. The summed E-state index contributed by atoms with van der Waals surface area (Å²) in [7, 11) is 0. The number of benzene rings is 5. The van der Waals surface area contributed by atoms with Crippen molar-refractivity contribution in [2.45, 2.75) is 225 Å². The summed E-state index contributed by atoms with van der Waals surface area (Å²) in [6.07, 6.45) is 13.3. The van der Waals surface area contributed by atoms with Gasteiger partial charge in [-0.15, -0.1) is 0 Å². The van der Waals surface area contributed by atoms with Crippen molar-refractivity contribution >= 4 is 68.8 Å². The van der Waals surface area contributed by atoms with E-state index in [1.54, 1.807) is 0 Å². The number of rotatable bonds is 3. The van der Waals surface area contributed by atoms with Crippen LogP contribution in [0, 0.1) is 0 Å². The lowest BCUT2D eigenvalue weighted by molar-refractivity contribution is 0.241.